The Morgan fingerprint density at radius 1 is 0.933 bits per heavy atom. The summed E-state index contributed by atoms with van der Waals surface area (Å²) < 4.78 is 31.1. The van der Waals surface area contributed by atoms with Crippen molar-refractivity contribution >= 4 is 0 Å². The molecule has 0 amide bonds. The van der Waals surface area contributed by atoms with Crippen LogP contribution in [0.2, 0.25) is 0 Å². The summed E-state index contributed by atoms with van der Waals surface area (Å²) in [5, 5.41) is 0. The van der Waals surface area contributed by atoms with Crippen LogP contribution in [0, 0.1) is 18.2 Å². The van der Waals surface area contributed by atoms with E-state index in [2.05, 4.69) is 19.8 Å². The smallest absolute Gasteiger partial charge is 0.165 e. The fourth-order valence-corrected chi connectivity index (χ4v) is 2.97. The number of rotatable bonds is 9. The molecule has 3 aromatic rings. The van der Waals surface area contributed by atoms with Gasteiger partial charge in [-0.1, -0.05) is 56.2 Å². The first kappa shape index (κ1) is 21.4. The molecule has 0 aliphatic heterocycles. The number of halogens is 1. The van der Waals surface area contributed by atoms with Gasteiger partial charge in [-0.15, -0.1) is 6.42 Å². The molecule has 0 radical (unpaired) electrons. The van der Waals surface area contributed by atoms with Crippen LogP contribution in [0.3, 0.4) is 0 Å². The van der Waals surface area contributed by atoms with E-state index in [0.29, 0.717) is 19.0 Å². The van der Waals surface area contributed by atoms with Crippen LogP contribution in [0.15, 0.2) is 72.8 Å². The van der Waals surface area contributed by atoms with Crippen molar-refractivity contribution in [3.05, 3.63) is 89.7 Å². The van der Waals surface area contributed by atoms with Gasteiger partial charge in [-0.25, -0.2) is 4.39 Å². The molecule has 0 bridgehead atoms. The van der Waals surface area contributed by atoms with Crippen LogP contribution in [0.4, 0.5) is 4.39 Å². The lowest BCUT2D eigenvalue weighted by Crippen LogP contribution is -2.24. The molecule has 0 saturated carbocycles. The third kappa shape index (κ3) is 5.85. The van der Waals surface area contributed by atoms with Gasteiger partial charge in [0.25, 0.3) is 0 Å². The highest BCUT2D eigenvalue weighted by atomic mass is 19.1. The lowest BCUT2D eigenvalue weighted by atomic mass is 9.85. The second-order valence-corrected chi connectivity index (χ2v) is 7.57. The first-order valence-electron chi connectivity index (χ1n) is 9.74. The SMILES string of the molecule is C#CCOc1ccc(C(C)(C)COCc2ccc(F)c(Oc3ccccc3)c2)cc1. The first-order valence-corrected chi connectivity index (χ1v) is 9.74. The number of benzene rings is 3. The molecule has 0 heterocycles. The minimum atomic E-state index is -0.407. The summed E-state index contributed by atoms with van der Waals surface area (Å²) >= 11 is 0. The number of hydrogen-bond acceptors (Lipinski definition) is 3. The highest BCUT2D eigenvalue weighted by Crippen LogP contribution is 2.28. The maximum atomic E-state index is 14.1. The Labute approximate surface area is 177 Å². The van der Waals surface area contributed by atoms with Crippen molar-refractivity contribution in [2.24, 2.45) is 0 Å². The van der Waals surface area contributed by atoms with Gasteiger partial charge >= 0.3 is 0 Å². The zero-order valence-corrected chi connectivity index (χ0v) is 17.2. The van der Waals surface area contributed by atoms with Gasteiger partial charge in [0.05, 0.1) is 13.2 Å². The Balaban J connectivity index is 1.58. The third-order valence-corrected chi connectivity index (χ3v) is 4.66. The van der Waals surface area contributed by atoms with Crippen molar-refractivity contribution < 1.29 is 18.6 Å². The van der Waals surface area contributed by atoms with E-state index in [0.717, 1.165) is 16.9 Å². The van der Waals surface area contributed by atoms with Gasteiger partial charge < -0.3 is 14.2 Å². The summed E-state index contributed by atoms with van der Waals surface area (Å²) in [6.45, 7) is 5.33. The number of para-hydroxylation sites is 1. The molecule has 0 N–H and O–H groups in total. The van der Waals surface area contributed by atoms with Crippen LogP contribution < -0.4 is 9.47 Å². The quantitative estimate of drug-likeness (QED) is 0.402. The number of terminal acetylenes is 1. The molecule has 0 saturated heterocycles. The lowest BCUT2D eigenvalue weighted by Gasteiger charge is -2.25. The maximum absolute atomic E-state index is 14.1. The fourth-order valence-electron chi connectivity index (χ4n) is 2.97. The summed E-state index contributed by atoms with van der Waals surface area (Å²) in [5.74, 6) is 3.56. The van der Waals surface area contributed by atoms with Crippen molar-refractivity contribution in [2.75, 3.05) is 13.2 Å². The number of hydrogen-bond donors (Lipinski definition) is 0. The molecule has 154 valence electrons. The predicted octanol–water partition coefficient (Wildman–Crippen LogP) is 6.12. The predicted molar refractivity (Wildman–Crippen MR) is 116 cm³/mol. The molecule has 0 fully saturated rings. The van der Waals surface area contributed by atoms with Crippen LogP contribution >= 0.6 is 0 Å². The van der Waals surface area contributed by atoms with Gasteiger partial charge in [-0.05, 0) is 47.5 Å². The van der Waals surface area contributed by atoms with E-state index in [4.69, 9.17) is 20.6 Å². The second kappa shape index (κ2) is 9.96. The maximum Gasteiger partial charge on any atom is 0.165 e. The molecular weight excluding hydrogens is 379 g/mol. The van der Waals surface area contributed by atoms with Crippen LogP contribution in [0.25, 0.3) is 0 Å². The Morgan fingerprint density at radius 3 is 2.37 bits per heavy atom. The van der Waals surface area contributed by atoms with E-state index in [-0.39, 0.29) is 17.8 Å². The van der Waals surface area contributed by atoms with Gasteiger partial charge in [0.15, 0.2) is 11.6 Å². The van der Waals surface area contributed by atoms with E-state index in [1.807, 2.05) is 42.5 Å². The average molecular weight is 404 g/mol. The topological polar surface area (TPSA) is 27.7 Å². The highest BCUT2D eigenvalue weighted by molar-refractivity contribution is 5.35. The molecule has 0 unspecified atom stereocenters. The van der Waals surface area contributed by atoms with Crippen molar-refractivity contribution in [3.63, 3.8) is 0 Å². The molecule has 0 aliphatic carbocycles. The lowest BCUT2D eigenvalue weighted by molar-refractivity contribution is 0.0823. The molecule has 30 heavy (non-hydrogen) atoms. The zero-order valence-electron chi connectivity index (χ0n) is 17.2. The average Bonchev–Trinajstić information content (AvgIpc) is 2.75. The largest absolute Gasteiger partial charge is 0.481 e. The Hall–Kier alpha value is -3.29. The Morgan fingerprint density at radius 2 is 1.67 bits per heavy atom. The highest BCUT2D eigenvalue weighted by Gasteiger charge is 2.21. The fraction of sp³-hybridized carbons (Fsp3) is 0.231. The molecule has 4 heteroatoms. The van der Waals surface area contributed by atoms with Crippen molar-refractivity contribution in [1.82, 2.24) is 0 Å². The van der Waals surface area contributed by atoms with E-state index in [1.54, 1.807) is 24.3 Å². The number of ether oxygens (including phenoxy) is 3. The summed E-state index contributed by atoms with van der Waals surface area (Å²) in [7, 11) is 0. The van der Waals surface area contributed by atoms with Gasteiger partial charge in [0, 0.05) is 5.41 Å². The molecular formula is C26H25FO3. The van der Waals surface area contributed by atoms with Crippen molar-refractivity contribution in [1.29, 1.82) is 0 Å². The molecule has 0 aliphatic rings. The van der Waals surface area contributed by atoms with Gasteiger partial charge in [0.1, 0.15) is 18.1 Å². The minimum absolute atomic E-state index is 0.184. The summed E-state index contributed by atoms with van der Waals surface area (Å²) in [6.07, 6.45) is 5.21. The molecule has 3 nitrogen and oxygen atoms in total. The van der Waals surface area contributed by atoms with Crippen molar-refractivity contribution in [2.45, 2.75) is 25.9 Å². The Kier molecular flexibility index (Phi) is 7.11. The van der Waals surface area contributed by atoms with Gasteiger partial charge in [0.2, 0.25) is 0 Å². The second-order valence-electron chi connectivity index (χ2n) is 7.57. The van der Waals surface area contributed by atoms with Crippen LogP contribution in [0.1, 0.15) is 25.0 Å². The van der Waals surface area contributed by atoms with Crippen LogP contribution in [0.5, 0.6) is 17.2 Å². The van der Waals surface area contributed by atoms with E-state index >= 15 is 0 Å². The summed E-state index contributed by atoms with van der Waals surface area (Å²) in [4.78, 5) is 0. The van der Waals surface area contributed by atoms with Crippen LogP contribution in [-0.4, -0.2) is 13.2 Å². The zero-order chi connectivity index (χ0) is 21.4. The third-order valence-electron chi connectivity index (χ3n) is 4.66. The van der Waals surface area contributed by atoms with E-state index < -0.39 is 5.82 Å². The first-order chi connectivity index (χ1) is 14.5. The monoisotopic (exact) mass is 404 g/mol. The van der Waals surface area contributed by atoms with Gasteiger partial charge in [-0.3, -0.25) is 0 Å². The van der Waals surface area contributed by atoms with E-state index in [9.17, 15) is 4.39 Å². The molecule has 0 aromatic heterocycles. The van der Waals surface area contributed by atoms with Gasteiger partial charge in [-0.2, -0.15) is 0 Å². The standard InChI is InChI=1S/C26H25FO3/c1-4-16-29-22-13-11-21(12-14-22)26(2,3)19-28-18-20-10-15-24(27)25(17-20)30-23-8-6-5-7-9-23/h1,5-15,17H,16,18-19H2,2-3H3. The van der Waals surface area contributed by atoms with Crippen molar-refractivity contribution in [3.8, 4) is 29.6 Å². The molecule has 3 rings (SSSR count). The molecule has 0 spiro atoms. The molecule has 3 aromatic carbocycles. The minimum Gasteiger partial charge on any atom is -0.481 e. The molecule has 0 atom stereocenters. The normalized spacial score (nSPS) is 11.0. The van der Waals surface area contributed by atoms with Crippen LogP contribution in [-0.2, 0) is 16.8 Å². The summed E-state index contributed by atoms with van der Waals surface area (Å²) in [5.41, 5.74) is 1.77. The Bertz CT molecular complexity index is 989. The summed E-state index contributed by atoms with van der Waals surface area (Å²) in [6, 6.07) is 21.8. The van der Waals surface area contributed by atoms with E-state index in [1.165, 1.54) is 6.07 Å².